The Balaban J connectivity index is 1.76. The first-order valence-corrected chi connectivity index (χ1v) is 13.9. The number of fused-ring (bicyclic) bond motifs is 3. The minimum atomic E-state index is -2.02. The van der Waals surface area contributed by atoms with Crippen molar-refractivity contribution < 1.29 is 0 Å². The molecule has 1 aliphatic carbocycles. The molecule has 0 fully saturated rings. The van der Waals surface area contributed by atoms with Crippen LogP contribution in [0.4, 0.5) is 0 Å². The second kappa shape index (κ2) is 6.28. The molecule has 0 saturated carbocycles. The van der Waals surface area contributed by atoms with Gasteiger partial charge >= 0.3 is 0 Å². The third kappa shape index (κ3) is 2.46. The zero-order valence-corrected chi connectivity index (χ0v) is 19.4. The third-order valence-electron chi connectivity index (χ3n) is 6.34. The Morgan fingerprint density at radius 3 is 1.79 bits per heavy atom. The lowest BCUT2D eigenvalue weighted by atomic mass is 9.84. The highest BCUT2D eigenvalue weighted by Crippen LogP contribution is 2.54. The van der Waals surface area contributed by atoms with Gasteiger partial charge in [-0.3, -0.25) is 0 Å². The summed E-state index contributed by atoms with van der Waals surface area (Å²) in [5, 5.41) is 2.98. The number of rotatable bonds is 3. The van der Waals surface area contributed by atoms with E-state index in [9.17, 15) is 0 Å². The Hall–Kier alpha value is -1.94. The topological polar surface area (TPSA) is 0 Å². The molecule has 2 heterocycles. The van der Waals surface area contributed by atoms with Gasteiger partial charge in [0.05, 0.1) is 0 Å². The van der Waals surface area contributed by atoms with Crippen molar-refractivity contribution in [2.45, 2.75) is 32.7 Å². The standard InChI is InChI=1S/C25H24S2Si/c1-17-15-20-23(26-17)24-21(25(20,2)3)16-22(27-24)28(4,18-11-7-5-8-12-18)19-13-9-6-10-14-19/h5-16H,1-4H3. The molecule has 3 heteroatoms. The van der Waals surface area contributed by atoms with Crippen LogP contribution < -0.4 is 14.9 Å². The molecular weight excluding hydrogens is 392 g/mol. The summed E-state index contributed by atoms with van der Waals surface area (Å²) >= 11 is 4.01. The monoisotopic (exact) mass is 416 g/mol. The van der Waals surface area contributed by atoms with Crippen molar-refractivity contribution >= 4 is 45.6 Å². The summed E-state index contributed by atoms with van der Waals surface area (Å²) in [6, 6.07) is 27.3. The molecular formula is C25H24S2Si. The third-order valence-corrected chi connectivity index (χ3v) is 14.1. The Bertz CT molecular complexity index is 1110. The van der Waals surface area contributed by atoms with Gasteiger partial charge in [-0.25, -0.2) is 0 Å². The second-order valence-electron chi connectivity index (χ2n) is 8.44. The van der Waals surface area contributed by atoms with Crippen molar-refractivity contribution in [3.05, 3.63) is 88.8 Å². The van der Waals surface area contributed by atoms with E-state index in [0.29, 0.717) is 0 Å². The quantitative estimate of drug-likeness (QED) is 0.386. The highest BCUT2D eigenvalue weighted by Gasteiger charge is 2.43. The highest BCUT2D eigenvalue weighted by molar-refractivity contribution is 7.35. The van der Waals surface area contributed by atoms with Gasteiger partial charge in [0.25, 0.3) is 0 Å². The summed E-state index contributed by atoms with van der Waals surface area (Å²) in [5.74, 6) is 0. The van der Waals surface area contributed by atoms with Gasteiger partial charge in [-0.05, 0) is 40.6 Å². The molecule has 0 unspecified atom stereocenters. The van der Waals surface area contributed by atoms with Crippen LogP contribution in [0.1, 0.15) is 29.9 Å². The van der Waals surface area contributed by atoms with E-state index in [1.54, 1.807) is 4.50 Å². The summed E-state index contributed by atoms with van der Waals surface area (Å²) in [5.41, 5.74) is 3.15. The molecule has 0 radical (unpaired) electrons. The van der Waals surface area contributed by atoms with E-state index in [2.05, 4.69) is 100 Å². The van der Waals surface area contributed by atoms with E-state index in [0.717, 1.165) is 0 Å². The minimum absolute atomic E-state index is 0.104. The zero-order chi connectivity index (χ0) is 19.5. The fourth-order valence-corrected chi connectivity index (χ4v) is 11.8. The van der Waals surface area contributed by atoms with Crippen LogP contribution >= 0.6 is 22.7 Å². The molecule has 28 heavy (non-hydrogen) atoms. The van der Waals surface area contributed by atoms with Crippen LogP contribution in [0.25, 0.3) is 9.75 Å². The van der Waals surface area contributed by atoms with Crippen molar-refractivity contribution in [2.24, 2.45) is 0 Å². The first-order valence-electron chi connectivity index (χ1n) is 9.79. The van der Waals surface area contributed by atoms with Gasteiger partial charge in [-0.1, -0.05) is 81.1 Å². The second-order valence-corrected chi connectivity index (χ2v) is 15.0. The van der Waals surface area contributed by atoms with Gasteiger partial charge in [-0.15, -0.1) is 22.7 Å². The van der Waals surface area contributed by atoms with Crippen molar-refractivity contribution in [3.63, 3.8) is 0 Å². The van der Waals surface area contributed by atoms with Crippen molar-refractivity contribution in [3.8, 4) is 9.75 Å². The molecule has 5 rings (SSSR count). The Kier molecular flexibility index (Phi) is 4.06. The number of benzene rings is 2. The highest BCUT2D eigenvalue weighted by atomic mass is 32.1. The van der Waals surface area contributed by atoms with Gasteiger partial charge < -0.3 is 0 Å². The van der Waals surface area contributed by atoms with Crippen molar-refractivity contribution in [1.82, 2.24) is 0 Å². The molecule has 1 aliphatic rings. The van der Waals surface area contributed by atoms with E-state index in [-0.39, 0.29) is 5.41 Å². The lowest BCUT2D eigenvalue weighted by Crippen LogP contribution is -2.63. The molecule has 140 valence electrons. The van der Waals surface area contributed by atoms with E-state index in [1.165, 1.54) is 36.1 Å². The van der Waals surface area contributed by atoms with Crippen molar-refractivity contribution in [1.29, 1.82) is 0 Å². The lowest BCUT2D eigenvalue weighted by molar-refractivity contribution is 0.663. The summed E-state index contributed by atoms with van der Waals surface area (Å²) in [6.45, 7) is 9.54. The van der Waals surface area contributed by atoms with Gasteiger partial charge in [0.15, 0.2) is 8.07 Å². The molecule has 0 atom stereocenters. The van der Waals surface area contributed by atoms with Crippen LogP contribution in [0.15, 0.2) is 72.8 Å². The van der Waals surface area contributed by atoms with Crippen LogP contribution in [0.5, 0.6) is 0 Å². The minimum Gasteiger partial charge on any atom is -0.143 e. The smallest absolute Gasteiger partial charge is 0.143 e. The first-order chi connectivity index (χ1) is 13.4. The molecule has 0 spiro atoms. The predicted molar refractivity (Wildman–Crippen MR) is 128 cm³/mol. The summed E-state index contributed by atoms with van der Waals surface area (Å²) < 4.78 is 1.57. The number of aryl methyl sites for hydroxylation is 1. The summed E-state index contributed by atoms with van der Waals surface area (Å²) in [7, 11) is -2.02. The van der Waals surface area contributed by atoms with Gasteiger partial charge in [-0.2, -0.15) is 0 Å². The number of hydrogen-bond acceptors (Lipinski definition) is 2. The average Bonchev–Trinajstić information content (AvgIpc) is 3.37. The molecule has 2 aromatic heterocycles. The van der Waals surface area contributed by atoms with Gasteiger partial charge in [0, 0.05) is 24.5 Å². The fourth-order valence-electron chi connectivity index (χ4n) is 4.56. The number of thiophene rings is 2. The molecule has 0 saturated heterocycles. The lowest BCUT2D eigenvalue weighted by Gasteiger charge is -2.28. The van der Waals surface area contributed by atoms with Crippen LogP contribution in [0.2, 0.25) is 6.55 Å². The largest absolute Gasteiger partial charge is 0.157 e. The van der Waals surface area contributed by atoms with E-state index in [1.807, 2.05) is 22.7 Å². The molecule has 4 aromatic rings. The van der Waals surface area contributed by atoms with E-state index >= 15 is 0 Å². The predicted octanol–water partition coefficient (Wildman–Crippen LogP) is 5.52. The average molecular weight is 417 g/mol. The SMILES string of the molecule is Cc1cc2c(s1)-c1sc([Si](C)(c3ccccc3)c3ccccc3)cc1C2(C)C. The number of hydrogen-bond donors (Lipinski definition) is 0. The normalized spacial score (nSPS) is 14.7. The van der Waals surface area contributed by atoms with Gasteiger partial charge in [0.2, 0.25) is 0 Å². The molecule has 0 aliphatic heterocycles. The Morgan fingerprint density at radius 2 is 1.21 bits per heavy atom. The molecule has 2 aromatic carbocycles. The van der Waals surface area contributed by atoms with Crippen LogP contribution in [-0.2, 0) is 5.41 Å². The van der Waals surface area contributed by atoms with Gasteiger partial charge in [0.1, 0.15) is 0 Å². The Morgan fingerprint density at radius 1 is 0.714 bits per heavy atom. The van der Waals surface area contributed by atoms with Crippen LogP contribution in [-0.4, -0.2) is 8.07 Å². The summed E-state index contributed by atoms with van der Waals surface area (Å²) in [4.78, 5) is 4.44. The molecule has 0 nitrogen and oxygen atoms in total. The molecule has 0 amide bonds. The van der Waals surface area contributed by atoms with Crippen molar-refractivity contribution in [2.75, 3.05) is 0 Å². The summed E-state index contributed by atoms with van der Waals surface area (Å²) in [6.07, 6.45) is 0. The maximum absolute atomic E-state index is 2.55. The molecule has 0 bridgehead atoms. The van der Waals surface area contributed by atoms with Crippen LogP contribution in [0.3, 0.4) is 0 Å². The van der Waals surface area contributed by atoms with Crippen LogP contribution in [0, 0.1) is 6.92 Å². The molecule has 0 N–H and O–H groups in total. The van der Waals surface area contributed by atoms with E-state index in [4.69, 9.17) is 0 Å². The maximum atomic E-state index is 2.55. The first kappa shape index (κ1) is 18.1. The van der Waals surface area contributed by atoms with E-state index < -0.39 is 8.07 Å². The fraction of sp³-hybridized carbons (Fsp3) is 0.200. The maximum Gasteiger partial charge on any atom is 0.157 e. The zero-order valence-electron chi connectivity index (χ0n) is 16.7. The Labute approximate surface area is 176 Å².